The molecule has 3 aromatic rings. The Labute approximate surface area is 170 Å². The van der Waals surface area contributed by atoms with Gasteiger partial charge in [-0.25, -0.2) is 0 Å². The van der Waals surface area contributed by atoms with Crippen molar-refractivity contribution in [3.05, 3.63) is 87.6 Å². The quantitative estimate of drug-likeness (QED) is 0.574. The van der Waals surface area contributed by atoms with E-state index in [0.717, 1.165) is 12.2 Å². The highest BCUT2D eigenvalue weighted by Crippen LogP contribution is 2.26. The van der Waals surface area contributed by atoms with Gasteiger partial charge in [-0.2, -0.15) is 0 Å². The van der Waals surface area contributed by atoms with Crippen LogP contribution < -0.4 is 15.4 Å². The predicted molar refractivity (Wildman–Crippen MR) is 115 cm³/mol. The largest absolute Gasteiger partial charge is 0.497 e. The molecule has 28 heavy (non-hydrogen) atoms. The van der Waals surface area contributed by atoms with Gasteiger partial charge in [-0.15, -0.1) is 11.3 Å². The van der Waals surface area contributed by atoms with Gasteiger partial charge in [0.25, 0.3) is 0 Å². The van der Waals surface area contributed by atoms with E-state index in [1.807, 2.05) is 30.3 Å². The number of benzene rings is 2. The fourth-order valence-corrected chi connectivity index (χ4v) is 3.82. The van der Waals surface area contributed by atoms with Crippen LogP contribution in [0.15, 0.2) is 66.0 Å². The van der Waals surface area contributed by atoms with E-state index in [-0.39, 0.29) is 18.5 Å². The summed E-state index contributed by atoms with van der Waals surface area (Å²) >= 11 is 1.70. The van der Waals surface area contributed by atoms with E-state index >= 15 is 0 Å². The number of carbonyl (C=O) groups excluding carboxylic acids is 1. The first-order valence-electron chi connectivity index (χ1n) is 9.38. The molecule has 0 unspecified atom stereocenters. The minimum Gasteiger partial charge on any atom is -0.497 e. The summed E-state index contributed by atoms with van der Waals surface area (Å²) < 4.78 is 5.16. The fourth-order valence-electron chi connectivity index (χ4n) is 2.99. The van der Waals surface area contributed by atoms with E-state index in [9.17, 15) is 4.79 Å². The van der Waals surface area contributed by atoms with Gasteiger partial charge in [-0.3, -0.25) is 10.1 Å². The number of rotatable bonds is 9. The van der Waals surface area contributed by atoms with E-state index < -0.39 is 0 Å². The van der Waals surface area contributed by atoms with Crippen molar-refractivity contribution in [1.82, 2.24) is 10.6 Å². The van der Waals surface area contributed by atoms with E-state index in [0.29, 0.717) is 6.54 Å². The van der Waals surface area contributed by atoms with Crippen LogP contribution in [0.1, 0.15) is 27.6 Å². The average molecular weight is 395 g/mol. The maximum absolute atomic E-state index is 12.3. The normalized spacial score (nSPS) is 11.8. The number of aryl methyl sites for hydroxylation is 1. The molecule has 0 radical (unpaired) electrons. The molecule has 2 N–H and O–H groups in total. The number of hydrogen-bond acceptors (Lipinski definition) is 4. The number of methoxy groups -OCH3 is 1. The molecule has 0 saturated heterocycles. The third-order valence-electron chi connectivity index (χ3n) is 4.60. The van der Waals surface area contributed by atoms with Crippen molar-refractivity contribution in [2.24, 2.45) is 0 Å². The topological polar surface area (TPSA) is 50.4 Å². The van der Waals surface area contributed by atoms with Crippen LogP contribution in [0.25, 0.3) is 0 Å². The van der Waals surface area contributed by atoms with Crippen LogP contribution in [0.2, 0.25) is 0 Å². The molecule has 0 bridgehead atoms. The average Bonchev–Trinajstić information content (AvgIpc) is 3.24. The second kappa shape index (κ2) is 10.1. The van der Waals surface area contributed by atoms with Crippen LogP contribution >= 0.6 is 11.3 Å². The Morgan fingerprint density at radius 1 is 1.07 bits per heavy atom. The van der Waals surface area contributed by atoms with Gasteiger partial charge in [-0.05, 0) is 48.1 Å². The summed E-state index contributed by atoms with van der Waals surface area (Å²) in [6.45, 7) is 2.97. The van der Waals surface area contributed by atoms with E-state index in [4.69, 9.17) is 4.74 Å². The van der Waals surface area contributed by atoms with Gasteiger partial charge in [0.2, 0.25) is 5.91 Å². The molecule has 0 saturated carbocycles. The van der Waals surface area contributed by atoms with Gasteiger partial charge < -0.3 is 10.1 Å². The maximum atomic E-state index is 12.3. The molecule has 0 spiro atoms. The van der Waals surface area contributed by atoms with Crippen LogP contribution in [0, 0.1) is 6.92 Å². The Balaban J connectivity index is 1.51. The Kier molecular flexibility index (Phi) is 7.23. The van der Waals surface area contributed by atoms with Crippen molar-refractivity contribution in [2.45, 2.75) is 19.4 Å². The molecule has 4 nitrogen and oxygen atoms in total. The number of thiophene rings is 1. The predicted octanol–water partition coefficient (Wildman–Crippen LogP) is 4.10. The van der Waals surface area contributed by atoms with E-state index in [2.05, 4.69) is 53.3 Å². The van der Waals surface area contributed by atoms with Crippen molar-refractivity contribution in [2.75, 3.05) is 20.2 Å². The molecule has 0 aliphatic rings. The summed E-state index contributed by atoms with van der Waals surface area (Å²) in [5.74, 6) is 0.842. The SMILES string of the molecule is COc1ccc(CCNC(=O)CN[C@@H](c2ccc(C)cc2)c2cccs2)cc1. The molecule has 5 heteroatoms. The van der Waals surface area contributed by atoms with Crippen molar-refractivity contribution in [3.8, 4) is 5.75 Å². The van der Waals surface area contributed by atoms with Crippen LogP contribution in [0.5, 0.6) is 5.75 Å². The minimum absolute atomic E-state index is 0.00202. The maximum Gasteiger partial charge on any atom is 0.233 e. The Bertz CT molecular complexity index is 859. The first-order chi connectivity index (χ1) is 13.7. The van der Waals surface area contributed by atoms with Crippen LogP contribution in [0.4, 0.5) is 0 Å². The van der Waals surface area contributed by atoms with Gasteiger partial charge >= 0.3 is 0 Å². The Hall–Kier alpha value is -2.63. The Morgan fingerprint density at radius 3 is 2.46 bits per heavy atom. The molecule has 1 aromatic heterocycles. The van der Waals surface area contributed by atoms with Gasteiger partial charge in [-0.1, -0.05) is 48.0 Å². The second-order valence-corrected chi connectivity index (χ2v) is 7.67. The number of carbonyl (C=O) groups is 1. The summed E-state index contributed by atoms with van der Waals surface area (Å²) in [5, 5.41) is 8.46. The monoisotopic (exact) mass is 394 g/mol. The van der Waals surface area contributed by atoms with E-state index in [1.54, 1.807) is 18.4 Å². The summed E-state index contributed by atoms with van der Waals surface area (Å²) in [6, 6.07) is 20.5. The van der Waals surface area contributed by atoms with Gasteiger partial charge in [0.05, 0.1) is 19.7 Å². The number of hydrogen-bond donors (Lipinski definition) is 2. The standard InChI is InChI=1S/C23H26N2O2S/c1-17-5-9-19(10-6-17)23(21-4-3-15-28-21)25-16-22(26)24-14-13-18-7-11-20(27-2)12-8-18/h3-12,15,23,25H,13-14,16H2,1-2H3,(H,24,26)/t23-/m0/s1. The van der Waals surface area contributed by atoms with Crippen LogP contribution in [-0.4, -0.2) is 26.1 Å². The summed E-state index contributed by atoms with van der Waals surface area (Å²) in [7, 11) is 1.66. The lowest BCUT2D eigenvalue weighted by Gasteiger charge is -2.18. The van der Waals surface area contributed by atoms with Crippen LogP contribution in [0.3, 0.4) is 0 Å². The second-order valence-electron chi connectivity index (χ2n) is 6.69. The minimum atomic E-state index is 0.00202. The van der Waals surface area contributed by atoms with Gasteiger partial charge in [0.15, 0.2) is 0 Å². The highest BCUT2D eigenvalue weighted by Gasteiger charge is 2.16. The molecule has 146 valence electrons. The molecule has 1 amide bonds. The number of ether oxygens (including phenoxy) is 1. The van der Waals surface area contributed by atoms with Crippen molar-refractivity contribution in [1.29, 1.82) is 0 Å². The first kappa shape index (κ1) is 20.1. The van der Waals surface area contributed by atoms with Crippen molar-refractivity contribution < 1.29 is 9.53 Å². The summed E-state index contributed by atoms with van der Waals surface area (Å²) in [5.41, 5.74) is 3.56. The zero-order valence-electron chi connectivity index (χ0n) is 16.3. The zero-order valence-corrected chi connectivity index (χ0v) is 17.1. The first-order valence-corrected chi connectivity index (χ1v) is 10.3. The van der Waals surface area contributed by atoms with Crippen molar-refractivity contribution >= 4 is 17.2 Å². The molecule has 2 aromatic carbocycles. The Morgan fingerprint density at radius 2 is 1.82 bits per heavy atom. The van der Waals surface area contributed by atoms with Crippen LogP contribution in [-0.2, 0) is 11.2 Å². The number of nitrogens with one attached hydrogen (secondary N) is 2. The summed E-state index contributed by atoms with van der Waals surface area (Å²) in [4.78, 5) is 13.5. The van der Waals surface area contributed by atoms with Crippen molar-refractivity contribution in [3.63, 3.8) is 0 Å². The molecule has 1 heterocycles. The fraction of sp³-hybridized carbons (Fsp3) is 0.261. The summed E-state index contributed by atoms with van der Waals surface area (Å²) in [6.07, 6.45) is 0.794. The molecule has 0 fully saturated rings. The van der Waals surface area contributed by atoms with Gasteiger partial charge in [0, 0.05) is 11.4 Å². The zero-order chi connectivity index (χ0) is 19.8. The molecule has 3 rings (SSSR count). The highest BCUT2D eigenvalue weighted by atomic mass is 32.1. The lowest BCUT2D eigenvalue weighted by molar-refractivity contribution is -0.120. The molecule has 0 aliphatic carbocycles. The lowest BCUT2D eigenvalue weighted by Crippen LogP contribution is -2.36. The molecular formula is C23H26N2O2S. The lowest BCUT2D eigenvalue weighted by atomic mass is 10.0. The number of amides is 1. The molecule has 0 aliphatic heterocycles. The third kappa shape index (κ3) is 5.68. The highest BCUT2D eigenvalue weighted by molar-refractivity contribution is 7.10. The molecule has 1 atom stereocenters. The smallest absolute Gasteiger partial charge is 0.233 e. The van der Waals surface area contributed by atoms with E-state index in [1.165, 1.54) is 21.6 Å². The third-order valence-corrected chi connectivity index (χ3v) is 5.54. The van der Waals surface area contributed by atoms with Gasteiger partial charge in [0.1, 0.15) is 5.75 Å². The molecular weight excluding hydrogens is 368 g/mol.